The Balaban J connectivity index is 0.00000294. The molecule has 3 aromatic carbocycles. The summed E-state index contributed by atoms with van der Waals surface area (Å²) in [6, 6.07) is 25.6. The van der Waals surface area contributed by atoms with Gasteiger partial charge in [0.05, 0.1) is 29.4 Å². The van der Waals surface area contributed by atoms with E-state index >= 15 is 0 Å². The minimum Gasteiger partial charge on any atom is -0.870 e. The number of nitrogens with two attached hydrogens (primary N) is 1. The van der Waals surface area contributed by atoms with Crippen LogP contribution in [0.25, 0.3) is 0 Å². The molecule has 0 spiro atoms. The van der Waals surface area contributed by atoms with Gasteiger partial charge in [-0.05, 0) is 68.9 Å². The normalized spacial score (nSPS) is 15.8. The molecule has 1 saturated heterocycles. The fourth-order valence-electron chi connectivity index (χ4n) is 5.46. The summed E-state index contributed by atoms with van der Waals surface area (Å²) in [5.41, 5.74) is 8.04. The molecule has 1 heterocycles. The second-order valence-electron chi connectivity index (χ2n) is 10.8. The molecule has 1 amide bonds. The number of allylic oxidation sites excluding steroid dienone is 1. The number of likely N-dealkylation sites (tertiary alicyclic amines) is 1. The van der Waals surface area contributed by atoms with Gasteiger partial charge in [0.25, 0.3) is 0 Å². The van der Waals surface area contributed by atoms with E-state index in [1.165, 1.54) is 0 Å². The molecule has 8 heteroatoms. The van der Waals surface area contributed by atoms with E-state index in [1.807, 2.05) is 91.9 Å². The van der Waals surface area contributed by atoms with Gasteiger partial charge in [-0.15, -0.1) is 0 Å². The molecular weight excluding hydrogens is 563 g/mol. The van der Waals surface area contributed by atoms with Gasteiger partial charge in [0.15, 0.2) is 0 Å². The van der Waals surface area contributed by atoms with Crippen LogP contribution in [0.2, 0.25) is 5.02 Å². The Morgan fingerprint density at radius 1 is 1.02 bits per heavy atom. The van der Waals surface area contributed by atoms with Crippen LogP contribution in [-0.4, -0.2) is 41.0 Å². The zero-order valence-electron chi connectivity index (χ0n) is 24.6. The Kier molecular flexibility index (Phi) is 14.2. The van der Waals surface area contributed by atoms with Crippen molar-refractivity contribution in [1.82, 2.24) is 4.90 Å². The number of rotatable bonds is 12. The first kappa shape index (κ1) is 35.7. The molecule has 1 fully saturated rings. The molecular formula is C33H40ClKN2O4. The van der Waals surface area contributed by atoms with E-state index in [2.05, 4.69) is 18.7 Å². The van der Waals surface area contributed by atoms with E-state index in [0.717, 1.165) is 42.6 Å². The molecule has 41 heavy (non-hydrogen) atoms. The van der Waals surface area contributed by atoms with Crippen molar-refractivity contribution in [2.24, 2.45) is 5.73 Å². The van der Waals surface area contributed by atoms with Crippen molar-refractivity contribution in [3.05, 3.63) is 113 Å². The molecule has 1 aliphatic rings. The first-order valence-corrected chi connectivity index (χ1v) is 14.0. The number of hydrogen-bond acceptors (Lipinski definition) is 5. The zero-order chi connectivity index (χ0) is 27.9. The summed E-state index contributed by atoms with van der Waals surface area (Å²) in [7, 11) is 0. The maximum atomic E-state index is 13.2. The molecule has 6 nitrogen and oxygen atoms in total. The second-order valence-corrected chi connectivity index (χ2v) is 11.2. The van der Waals surface area contributed by atoms with E-state index in [1.54, 1.807) is 6.26 Å². The van der Waals surface area contributed by atoms with Crippen LogP contribution in [0.3, 0.4) is 0 Å². The van der Waals surface area contributed by atoms with Gasteiger partial charge in [-0.1, -0.05) is 84.4 Å². The van der Waals surface area contributed by atoms with Crippen molar-refractivity contribution < 1.29 is 71.1 Å². The predicted octanol–water partition coefficient (Wildman–Crippen LogP) is 3.70. The third-order valence-corrected chi connectivity index (χ3v) is 8.19. The van der Waals surface area contributed by atoms with Crippen LogP contribution in [0.15, 0.2) is 91.2 Å². The number of ether oxygens (including phenoxy) is 2. The van der Waals surface area contributed by atoms with Gasteiger partial charge >= 0.3 is 51.4 Å². The number of amides is 1. The van der Waals surface area contributed by atoms with Gasteiger partial charge < -0.3 is 20.7 Å². The largest absolute Gasteiger partial charge is 1.00 e. The topological polar surface area (TPSA) is 94.8 Å². The van der Waals surface area contributed by atoms with Gasteiger partial charge in [0.2, 0.25) is 5.91 Å². The molecule has 0 saturated carbocycles. The predicted molar refractivity (Wildman–Crippen MR) is 160 cm³/mol. The Morgan fingerprint density at radius 2 is 1.63 bits per heavy atom. The number of benzene rings is 3. The first-order chi connectivity index (χ1) is 18.8. The molecule has 0 bridgehead atoms. The van der Waals surface area contributed by atoms with Crippen LogP contribution >= 0.6 is 11.6 Å². The van der Waals surface area contributed by atoms with Crippen LogP contribution in [0.1, 0.15) is 56.7 Å². The minimum atomic E-state index is -0.892. The van der Waals surface area contributed by atoms with Gasteiger partial charge in [-0.3, -0.25) is 9.69 Å². The maximum Gasteiger partial charge on any atom is 1.00 e. The van der Waals surface area contributed by atoms with Crippen LogP contribution < -0.4 is 61.9 Å². The number of primary amides is 1. The van der Waals surface area contributed by atoms with Crippen molar-refractivity contribution in [3.63, 3.8) is 0 Å². The summed E-state index contributed by atoms with van der Waals surface area (Å²) in [4.78, 5) is 15.7. The summed E-state index contributed by atoms with van der Waals surface area (Å²) >= 11 is 6.25. The van der Waals surface area contributed by atoms with Crippen LogP contribution in [-0.2, 0) is 21.6 Å². The smallest absolute Gasteiger partial charge is 0.870 e. The summed E-state index contributed by atoms with van der Waals surface area (Å²) in [5, 5.41) is 0.573. The van der Waals surface area contributed by atoms with Crippen LogP contribution in [0, 0.1) is 0 Å². The number of nitrogens with zero attached hydrogens (tertiary/aromatic N) is 1. The van der Waals surface area contributed by atoms with Gasteiger partial charge in [-0.2, -0.15) is 0 Å². The van der Waals surface area contributed by atoms with Gasteiger partial charge in [0, 0.05) is 18.6 Å². The molecule has 214 valence electrons. The number of carbonyl (C=O) groups is 1. The average Bonchev–Trinajstić information content (AvgIpc) is 3.43. The molecule has 4 rings (SSSR count). The molecule has 1 aliphatic heterocycles. The Hall–Kier alpha value is -1.52. The monoisotopic (exact) mass is 602 g/mol. The number of carbonyl (C=O) groups excluding carboxylic acids is 1. The van der Waals surface area contributed by atoms with Crippen molar-refractivity contribution in [2.45, 2.75) is 63.7 Å². The van der Waals surface area contributed by atoms with Crippen LogP contribution in [0.5, 0.6) is 5.75 Å². The van der Waals surface area contributed by atoms with E-state index in [9.17, 15) is 4.79 Å². The van der Waals surface area contributed by atoms with Crippen molar-refractivity contribution >= 4 is 17.5 Å². The number of hydrogen-bond donors (Lipinski definition) is 1. The third-order valence-electron chi connectivity index (χ3n) is 7.88. The average molecular weight is 603 g/mol. The molecule has 3 N–H and O–H groups in total. The Bertz CT molecular complexity index is 1230. The van der Waals surface area contributed by atoms with Gasteiger partial charge in [0.1, 0.15) is 5.75 Å². The summed E-state index contributed by atoms with van der Waals surface area (Å²) in [5.74, 6) is 0.305. The fourth-order valence-corrected chi connectivity index (χ4v) is 5.62. The third kappa shape index (κ3) is 8.75. The van der Waals surface area contributed by atoms with E-state index < -0.39 is 5.41 Å². The molecule has 3 aromatic rings. The number of halogens is 1. The van der Waals surface area contributed by atoms with Crippen molar-refractivity contribution in [1.29, 1.82) is 0 Å². The first-order valence-electron chi connectivity index (χ1n) is 13.6. The summed E-state index contributed by atoms with van der Waals surface area (Å²) < 4.78 is 11.9. The summed E-state index contributed by atoms with van der Waals surface area (Å²) in [6.07, 6.45) is 5.94. The summed E-state index contributed by atoms with van der Waals surface area (Å²) in [6.45, 7) is 8.67. The Labute approximate surface area is 292 Å². The fraction of sp³-hybridized carbons (Fsp3) is 0.364. The Morgan fingerprint density at radius 3 is 2.20 bits per heavy atom. The van der Waals surface area contributed by atoms with Crippen LogP contribution in [0.4, 0.5) is 0 Å². The standard InChI is InChI=1S/C33H39ClN2O3.K.H2O/c1-4-21-38-30-22-25(15-16-29(30)34)24-39-28-17-20-36(23-28)32(2,3)18-19-33(31(35)37,26-11-7-5-8-12-26)27-13-9-6-10-14-27;;/h4-16,21-22,28H,17-20,23-24H2,1-3H3,(H2,35,37);;1H2/q;+1;/p-1/t28-;;/m1../s1. The van der Waals surface area contributed by atoms with Gasteiger partial charge in [-0.25, -0.2) is 0 Å². The van der Waals surface area contributed by atoms with E-state index in [0.29, 0.717) is 23.8 Å². The molecule has 1 atom stereocenters. The minimum absolute atomic E-state index is 0. The zero-order valence-corrected chi connectivity index (χ0v) is 28.4. The second kappa shape index (κ2) is 16.4. The van der Waals surface area contributed by atoms with E-state index in [-0.39, 0.29) is 74.4 Å². The molecule has 0 aliphatic carbocycles. The SMILES string of the molecule is CC=COc1cc(CO[C@@H]2CCN(C(C)(C)CCC(C(N)=O)(c3ccccc3)c3ccccc3)C2)ccc1Cl.[K+].[OH-]. The molecule has 0 radical (unpaired) electrons. The molecule has 0 aromatic heterocycles. The van der Waals surface area contributed by atoms with E-state index in [4.69, 9.17) is 26.8 Å². The maximum absolute atomic E-state index is 13.2. The quantitative estimate of drug-likeness (QED) is 0.252. The van der Waals surface area contributed by atoms with Crippen molar-refractivity contribution in [2.75, 3.05) is 13.1 Å². The van der Waals surface area contributed by atoms with Crippen molar-refractivity contribution in [3.8, 4) is 5.75 Å². The molecule has 0 unspecified atom stereocenters.